The second-order valence-corrected chi connectivity index (χ2v) is 4.22. The summed E-state index contributed by atoms with van der Waals surface area (Å²) >= 11 is 0. The van der Waals surface area contributed by atoms with Gasteiger partial charge in [-0.25, -0.2) is 9.59 Å². The van der Waals surface area contributed by atoms with E-state index in [9.17, 15) is 9.59 Å². The van der Waals surface area contributed by atoms with Crippen LogP contribution in [0.25, 0.3) is 0 Å². The third-order valence-corrected chi connectivity index (χ3v) is 2.59. The summed E-state index contributed by atoms with van der Waals surface area (Å²) in [5.74, 6) is -0.312. The molecule has 6 nitrogen and oxygen atoms in total. The van der Waals surface area contributed by atoms with Gasteiger partial charge < -0.3 is 20.5 Å². The maximum absolute atomic E-state index is 11.3. The third-order valence-electron chi connectivity index (χ3n) is 2.59. The van der Waals surface area contributed by atoms with E-state index in [0.717, 1.165) is 6.61 Å². The third kappa shape index (κ3) is 6.11. The highest BCUT2D eigenvalue weighted by Crippen LogP contribution is 2.28. The number of rotatable bonds is 8. The average Bonchev–Trinajstić information content (AvgIpc) is 3.09. The molecule has 98 valence electrons. The SMILES string of the molecule is CCC(NC(=O)NCCOCC1CC1)C(=O)O. The van der Waals surface area contributed by atoms with E-state index in [-0.39, 0.29) is 0 Å². The molecule has 0 bridgehead atoms. The normalized spacial score (nSPS) is 16.3. The van der Waals surface area contributed by atoms with Gasteiger partial charge in [-0.2, -0.15) is 0 Å². The molecule has 0 heterocycles. The minimum Gasteiger partial charge on any atom is -0.480 e. The van der Waals surface area contributed by atoms with Crippen LogP contribution in [0, 0.1) is 5.92 Å². The van der Waals surface area contributed by atoms with Crippen molar-refractivity contribution in [1.29, 1.82) is 0 Å². The average molecular weight is 244 g/mol. The van der Waals surface area contributed by atoms with Gasteiger partial charge in [-0.15, -0.1) is 0 Å². The van der Waals surface area contributed by atoms with Gasteiger partial charge in [0.25, 0.3) is 0 Å². The molecule has 0 aliphatic heterocycles. The van der Waals surface area contributed by atoms with Crippen molar-refractivity contribution in [2.75, 3.05) is 19.8 Å². The standard InChI is InChI=1S/C11H20N2O4/c1-2-9(10(14)15)13-11(16)12-5-6-17-7-8-3-4-8/h8-9H,2-7H2,1H3,(H,14,15)(H2,12,13,16). The number of carbonyl (C=O) groups excluding carboxylic acids is 1. The van der Waals surface area contributed by atoms with Crippen LogP contribution >= 0.6 is 0 Å². The topological polar surface area (TPSA) is 87.7 Å². The smallest absolute Gasteiger partial charge is 0.326 e. The lowest BCUT2D eigenvalue weighted by molar-refractivity contribution is -0.139. The van der Waals surface area contributed by atoms with Crippen LogP contribution in [0.4, 0.5) is 4.79 Å². The predicted molar refractivity (Wildman–Crippen MR) is 61.8 cm³/mol. The summed E-state index contributed by atoms with van der Waals surface area (Å²) in [6, 6.07) is -1.29. The minimum atomic E-state index is -1.02. The maximum atomic E-state index is 11.3. The van der Waals surface area contributed by atoms with Gasteiger partial charge in [0.15, 0.2) is 0 Å². The Morgan fingerprint density at radius 3 is 2.71 bits per heavy atom. The lowest BCUT2D eigenvalue weighted by atomic mass is 10.2. The molecule has 0 spiro atoms. The Balaban J connectivity index is 2.00. The Morgan fingerprint density at radius 1 is 1.47 bits per heavy atom. The number of amides is 2. The highest BCUT2D eigenvalue weighted by Gasteiger charge is 2.21. The number of carbonyl (C=O) groups is 2. The fourth-order valence-corrected chi connectivity index (χ4v) is 1.32. The second kappa shape index (κ2) is 7.11. The van der Waals surface area contributed by atoms with E-state index in [1.165, 1.54) is 12.8 Å². The fourth-order valence-electron chi connectivity index (χ4n) is 1.32. The lowest BCUT2D eigenvalue weighted by Crippen LogP contribution is -2.46. The Hall–Kier alpha value is -1.30. The van der Waals surface area contributed by atoms with Crippen LogP contribution < -0.4 is 10.6 Å². The van der Waals surface area contributed by atoms with Gasteiger partial charge in [-0.05, 0) is 25.2 Å². The summed E-state index contributed by atoms with van der Waals surface area (Å²) < 4.78 is 5.33. The fraction of sp³-hybridized carbons (Fsp3) is 0.818. The molecule has 17 heavy (non-hydrogen) atoms. The molecule has 0 saturated heterocycles. The lowest BCUT2D eigenvalue weighted by Gasteiger charge is -2.13. The number of carboxylic acid groups (broad SMARTS) is 1. The summed E-state index contributed by atoms with van der Waals surface area (Å²) in [5, 5.41) is 13.7. The highest BCUT2D eigenvalue weighted by molar-refractivity contribution is 5.82. The molecule has 1 atom stereocenters. The first-order valence-corrected chi connectivity index (χ1v) is 5.98. The van der Waals surface area contributed by atoms with Crippen LogP contribution in [0.5, 0.6) is 0 Å². The van der Waals surface area contributed by atoms with E-state index in [4.69, 9.17) is 9.84 Å². The van der Waals surface area contributed by atoms with Crippen LogP contribution in [0.1, 0.15) is 26.2 Å². The molecule has 1 saturated carbocycles. The number of nitrogens with one attached hydrogen (secondary N) is 2. The number of ether oxygens (including phenoxy) is 1. The van der Waals surface area contributed by atoms with E-state index >= 15 is 0 Å². The molecule has 1 unspecified atom stereocenters. The summed E-state index contributed by atoms with van der Waals surface area (Å²) in [6.45, 7) is 3.33. The van der Waals surface area contributed by atoms with Crippen LogP contribution in [-0.2, 0) is 9.53 Å². The van der Waals surface area contributed by atoms with E-state index in [1.807, 2.05) is 0 Å². The Kier molecular flexibility index (Phi) is 5.76. The zero-order valence-corrected chi connectivity index (χ0v) is 10.1. The van der Waals surface area contributed by atoms with Gasteiger partial charge in [0.2, 0.25) is 0 Å². The Labute approximate surface area is 101 Å². The van der Waals surface area contributed by atoms with E-state index in [1.54, 1.807) is 6.92 Å². The van der Waals surface area contributed by atoms with Crippen molar-refractivity contribution in [3.63, 3.8) is 0 Å². The first-order valence-electron chi connectivity index (χ1n) is 5.98. The molecule has 3 N–H and O–H groups in total. The van der Waals surface area contributed by atoms with Crippen LogP contribution in [-0.4, -0.2) is 42.9 Å². The van der Waals surface area contributed by atoms with Gasteiger partial charge >= 0.3 is 12.0 Å². The molecule has 6 heteroatoms. The molecule has 1 rings (SSSR count). The molecular weight excluding hydrogens is 224 g/mol. The quantitative estimate of drug-likeness (QED) is 0.545. The molecule has 0 aromatic rings. The minimum absolute atomic E-state index is 0.362. The van der Waals surface area contributed by atoms with E-state index in [0.29, 0.717) is 25.5 Å². The van der Waals surface area contributed by atoms with Crippen molar-refractivity contribution < 1.29 is 19.4 Å². The van der Waals surface area contributed by atoms with Crippen LogP contribution in [0.15, 0.2) is 0 Å². The number of carboxylic acids is 1. The molecule has 1 aliphatic rings. The van der Waals surface area contributed by atoms with E-state index in [2.05, 4.69) is 10.6 Å². The number of aliphatic carboxylic acids is 1. The monoisotopic (exact) mass is 244 g/mol. The van der Waals surface area contributed by atoms with Crippen molar-refractivity contribution in [2.45, 2.75) is 32.2 Å². The van der Waals surface area contributed by atoms with Gasteiger partial charge in [0.1, 0.15) is 6.04 Å². The molecule has 0 aromatic carbocycles. The molecule has 0 aromatic heterocycles. The molecule has 0 radical (unpaired) electrons. The van der Waals surface area contributed by atoms with Crippen molar-refractivity contribution in [2.24, 2.45) is 5.92 Å². The predicted octanol–water partition coefficient (Wildman–Crippen LogP) is 0.575. The molecular formula is C11H20N2O4. The zero-order chi connectivity index (χ0) is 12.7. The first kappa shape index (κ1) is 13.8. The van der Waals surface area contributed by atoms with Crippen molar-refractivity contribution in [1.82, 2.24) is 10.6 Å². The largest absolute Gasteiger partial charge is 0.480 e. The summed E-state index contributed by atoms with van der Waals surface area (Å²) in [4.78, 5) is 21.9. The van der Waals surface area contributed by atoms with Crippen LogP contribution in [0.3, 0.4) is 0 Å². The molecule has 1 fully saturated rings. The maximum Gasteiger partial charge on any atom is 0.326 e. The zero-order valence-electron chi connectivity index (χ0n) is 10.1. The van der Waals surface area contributed by atoms with Gasteiger partial charge in [-0.1, -0.05) is 6.92 Å². The summed E-state index contributed by atoms with van der Waals surface area (Å²) in [7, 11) is 0. The Bertz CT molecular complexity index is 266. The number of hydrogen-bond donors (Lipinski definition) is 3. The van der Waals surface area contributed by atoms with Gasteiger partial charge in [0, 0.05) is 13.2 Å². The highest BCUT2D eigenvalue weighted by atomic mass is 16.5. The molecule has 2 amide bonds. The summed E-state index contributed by atoms with van der Waals surface area (Å²) in [5.41, 5.74) is 0. The second-order valence-electron chi connectivity index (χ2n) is 4.22. The van der Waals surface area contributed by atoms with Crippen molar-refractivity contribution >= 4 is 12.0 Å². The van der Waals surface area contributed by atoms with Crippen molar-refractivity contribution in [3.8, 4) is 0 Å². The summed E-state index contributed by atoms with van der Waals surface area (Å²) in [6.07, 6.45) is 2.84. The number of hydrogen-bond acceptors (Lipinski definition) is 3. The van der Waals surface area contributed by atoms with Gasteiger partial charge in [0.05, 0.1) is 6.61 Å². The van der Waals surface area contributed by atoms with E-state index < -0.39 is 18.0 Å². The molecule has 1 aliphatic carbocycles. The number of urea groups is 1. The first-order chi connectivity index (χ1) is 8.13. The Morgan fingerprint density at radius 2 is 2.18 bits per heavy atom. The van der Waals surface area contributed by atoms with Gasteiger partial charge in [-0.3, -0.25) is 0 Å². The van der Waals surface area contributed by atoms with Crippen LogP contribution in [0.2, 0.25) is 0 Å². The van der Waals surface area contributed by atoms with Crippen molar-refractivity contribution in [3.05, 3.63) is 0 Å².